The van der Waals surface area contributed by atoms with E-state index in [0.717, 1.165) is 21.3 Å². The molecular formula is C19H21BrO3. The Kier molecular flexibility index (Phi) is 5.15. The van der Waals surface area contributed by atoms with Crippen molar-refractivity contribution in [3.8, 4) is 5.75 Å². The van der Waals surface area contributed by atoms with E-state index in [0.29, 0.717) is 5.56 Å². The number of carboxylic acids is 1. The largest absolute Gasteiger partial charge is 0.489 e. The zero-order chi connectivity index (χ0) is 17.2. The molecule has 0 fully saturated rings. The number of halogens is 1. The molecule has 0 amide bonds. The van der Waals surface area contributed by atoms with Crippen LogP contribution in [-0.2, 0) is 12.0 Å². The van der Waals surface area contributed by atoms with Crippen molar-refractivity contribution in [2.45, 2.75) is 39.7 Å². The van der Waals surface area contributed by atoms with E-state index in [-0.39, 0.29) is 17.6 Å². The highest BCUT2D eigenvalue weighted by Crippen LogP contribution is 2.36. The molecule has 2 aromatic carbocycles. The second-order valence-corrected chi connectivity index (χ2v) is 7.45. The smallest absolute Gasteiger partial charge is 0.336 e. The van der Waals surface area contributed by atoms with Gasteiger partial charge in [0.1, 0.15) is 12.4 Å². The van der Waals surface area contributed by atoms with Gasteiger partial charge in [-0.05, 0) is 36.1 Å². The minimum atomic E-state index is -0.938. The summed E-state index contributed by atoms with van der Waals surface area (Å²) in [7, 11) is 0. The van der Waals surface area contributed by atoms with Crippen molar-refractivity contribution in [3.05, 3.63) is 63.1 Å². The van der Waals surface area contributed by atoms with Gasteiger partial charge in [-0.15, -0.1) is 0 Å². The van der Waals surface area contributed by atoms with Gasteiger partial charge in [-0.1, -0.05) is 54.9 Å². The van der Waals surface area contributed by atoms with Crippen LogP contribution in [-0.4, -0.2) is 11.1 Å². The summed E-state index contributed by atoms with van der Waals surface area (Å²) in [6.07, 6.45) is 0. The fourth-order valence-electron chi connectivity index (χ4n) is 2.37. The number of hydrogen-bond acceptors (Lipinski definition) is 2. The molecule has 0 spiro atoms. The number of hydrogen-bond donors (Lipinski definition) is 1. The van der Waals surface area contributed by atoms with Crippen LogP contribution in [0.4, 0.5) is 0 Å². The van der Waals surface area contributed by atoms with Crippen LogP contribution in [0.25, 0.3) is 0 Å². The van der Waals surface area contributed by atoms with E-state index in [4.69, 9.17) is 4.74 Å². The number of rotatable bonds is 4. The fraction of sp³-hybridized carbons (Fsp3) is 0.316. The zero-order valence-corrected chi connectivity index (χ0v) is 15.4. The van der Waals surface area contributed by atoms with Crippen molar-refractivity contribution in [1.29, 1.82) is 0 Å². The highest BCUT2D eigenvalue weighted by Gasteiger charge is 2.21. The molecule has 0 unspecified atom stereocenters. The van der Waals surface area contributed by atoms with Crippen LogP contribution in [0.2, 0.25) is 0 Å². The predicted molar refractivity (Wildman–Crippen MR) is 95.3 cm³/mol. The van der Waals surface area contributed by atoms with E-state index in [1.165, 1.54) is 0 Å². The molecule has 3 nitrogen and oxygen atoms in total. The number of carbonyl (C=O) groups is 1. The van der Waals surface area contributed by atoms with Crippen molar-refractivity contribution < 1.29 is 14.6 Å². The zero-order valence-electron chi connectivity index (χ0n) is 13.8. The maximum atomic E-state index is 11.3. The van der Waals surface area contributed by atoms with Crippen LogP contribution in [0, 0.1) is 6.92 Å². The Hall–Kier alpha value is -1.81. The van der Waals surface area contributed by atoms with E-state index < -0.39 is 5.97 Å². The van der Waals surface area contributed by atoms with Gasteiger partial charge in [0, 0.05) is 15.6 Å². The molecule has 4 heteroatoms. The summed E-state index contributed by atoms with van der Waals surface area (Å²) in [4.78, 5) is 11.3. The van der Waals surface area contributed by atoms with Gasteiger partial charge < -0.3 is 9.84 Å². The van der Waals surface area contributed by atoms with Gasteiger partial charge >= 0.3 is 5.97 Å². The van der Waals surface area contributed by atoms with Crippen LogP contribution < -0.4 is 4.74 Å². The second-order valence-electron chi connectivity index (χ2n) is 6.60. The average molecular weight is 377 g/mol. The molecule has 0 atom stereocenters. The molecule has 23 heavy (non-hydrogen) atoms. The van der Waals surface area contributed by atoms with Gasteiger partial charge in [0.15, 0.2) is 0 Å². The maximum Gasteiger partial charge on any atom is 0.336 e. The normalized spacial score (nSPS) is 11.3. The molecule has 0 radical (unpaired) electrons. The summed E-state index contributed by atoms with van der Waals surface area (Å²) in [6.45, 7) is 8.62. The molecule has 0 bridgehead atoms. The van der Waals surface area contributed by atoms with Crippen LogP contribution in [0.15, 0.2) is 40.9 Å². The first kappa shape index (κ1) is 17.5. The minimum absolute atomic E-state index is 0.0716. The highest BCUT2D eigenvalue weighted by atomic mass is 79.9. The lowest BCUT2D eigenvalue weighted by atomic mass is 9.86. The third-order valence-corrected chi connectivity index (χ3v) is 4.55. The fourth-order valence-corrected chi connectivity index (χ4v) is 2.71. The molecule has 0 saturated heterocycles. The molecule has 0 aromatic heterocycles. The Morgan fingerprint density at radius 2 is 1.87 bits per heavy atom. The molecule has 0 aliphatic rings. The summed E-state index contributed by atoms with van der Waals surface area (Å²) in [6, 6.07) is 11.0. The van der Waals surface area contributed by atoms with Crippen molar-refractivity contribution in [1.82, 2.24) is 0 Å². The number of benzene rings is 2. The highest BCUT2D eigenvalue weighted by molar-refractivity contribution is 9.10. The van der Waals surface area contributed by atoms with Gasteiger partial charge in [0.2, 0.25) is 0 Å². The summed E-state index contributed by atoms with van der Waals surface area (Å²) in [5, 5.41) is 9.27. The van der Waals surface area contributed by atoms with Gasteiger partial charge in [-0.2, -0.15) is 0 Å². The molecule has 122 valence electrons. The summed E-state index contributed by atoms with van der Waals surface area (Å²) in [5.41, 5.74) is 3.04. The number of aryl methyl sites for hydroxylation is 1. The summed E-state index contributed by atoms with van der Waals surface area (Å²) < 4.78 is 7.03. The molecule has 2 rings (SSSR count). The van der Waals surface area contributed by atoms with Crippen LogP contribution in [0.1, 0.15) is 47.8 Å². The molecule has 0 saturated carbocycles. The predicted octanol–water partition coefficient (Wildman–Crippen LogP) is 5.33. The molecule has 0 aliphatic heterocycles. The van der Waals surface area contributed by atoms with E-state index in [9.17, 15) is 9.90 Å². The first-order valence-electron chi connectivity index (χ1n) is 7.45. The third-order valence-electron chi connectivity index (χ3n) is 3.70. The SMILES string of the molecule is Cc1cc(OCc2ccccc2C(=O)O)c(C(C)(C)C)cc1Br. The van der Waals surface area contributed by atoms with Crippen LogP contribution in [0.3, 0.4) is 0 Å². The van der Waals surface area contributed by atoms with Crippen molar-refractivity contribution in [3.63, 3.8) is 0 Å². The third kappa shape index (κ3) is 4.14. The molecule has 0 heterocycles. The lowest BCUT2D eigenvalue weighted by molar-refractivity contribution is 0.0694. The monoisotopic (exact) mass is 376 g/mol. The van der Waals surface area contributed by atoms with Gasteiger partial charge in [-0.3, -0.25) is 0 Å². The van der Waals surface area contributed by atoms with E-state index in [1.807, 2.05) is 19.1 Å². The second kappa shape index (κ2) is 6.75. The topological polar surface area (TPSA) is 46.5 Å². The van der Waals surface area contributed by atoms with Crippen molar-refractivity contribution in [2.75, 3.05) is 0 Å². The molecule has 2 aromatic rings. The number of ether oxygens (including phenoxy) is 1. The first-order chi connectivity index (χ1) is 10.7. The van der Waals surface area contributed by atoms with Crippen LogP contribution in [0.5, 0.6) is 5.75 Å². The quantitative estimate of drug-likeness (QED) is 0.783. The van der Waals surface area contributed by atoms with E-state index in [1.54, 1.807) is 18.2 Å². The molecule has 0 aliphatic carbocycles. The lowest BCUT2D eigenvalue weighted by Crippen LogP contribution is -2.14. The van der Waals surface area contributed by atoms with Gasteiger partial charge in [-0.25, -0.2) is 4.79 Å². The summed E-state index contributed by atoms with van der Waals surface area (Å²) >= 11 is 3.57. The standard InChI is InChI=1S/C19H21BrO3/c1-12-9-17(15(10-16(12)20)19(2,3)4)23-11-13-7-5-6-8-14(13)18(21)22/h5-10H,11H2,1-4H3,(H,21,22). The van der Waals surface area contributed by atoms with E-state index in [2.05, 4.69) is 42.8 Å². The van der Waals surface area contributed by atoms with Gasteiger partial charge in [0.25, 0.3) is 0 Å². The van der Waals surface area contributed by atoms with Crippen molar-refractivity contribution in [2.24, 2.45) is 0 Å². The molecular weight excluding hydrogens is 356 g/mol. The van der Waals surface area contributed by atoms with Crippen molar-refractivity contribution >= 4 is 21.9 Å². The Morgan fingerprint density at radius 3 is 2.48 bits per heavy atom. The Bertz CT molecular complexity index is 730. The average Bonchev–Trinajstić information content (AvgIpc) is 2.47. The molecule has 1 N–H and O–H groups in total. The maximum absolute atomic E-state index is 11.3. The first-order valence-corrected chi connectivity index (χ1v) is 8.24. The Balaban J connectivity index is 2.35. The lowest BCUT2D eigenvalue weighted by Gasteiger charge is -2.24. The summed E-state index contributed by atoms with van der Waals surface area (Å²) in [5.74, 6) is -0.148. The minimum Gasteiger partial charge on any atom is -0.489 e. The number of aromatic carboxylic acids is 1. The van der Waals surface area contributed by atoms with Crippen LogP contribution >= 0.6 is 15.9 Å². The Morgan fingerprint density at radius 1 is 1.22 bits per heavy atom. The van der Waals surface area contributed by atoms with E-state index >= 15 is 0 Å². The Labute approximate surface area is 145 Å². The van der Waals surface area contributed by atoms with Gasteiger partial charge in [0.05, 0.1) is 5.56 Å². The number of carboxylic acid groups (broad SMARTS) is 1.